The van der Waals surface area contributed by atoms with Gasteiger partial charge in [0.25, 0.3) is 0 Å². The maximum absolute atomic E-state index is 14.3. The van der Waals surface area contributed by atoms with Crippen molar-refractivity contribution in [2.45, 2.75) is 57.9 Å². The van der Waals surface area contributed by atoms with Gasteiger partial charge in [-0.05, 0) is 55.4 Å². The third kappa shape index (κ3) is 6.08. The zero-order valence-electron chi connectivity index (χ0n) is 19.5. The molecule has 0 heterocycles. The van der Waals surface area contributed by atoms with Gasteiger partial charge in [0.2, 0.25) is 0 Å². The molecule has 12 heteroatoms. The number of rotatable bonds is 7. The molecule has 0 N–H and O–H groups in total. The van der Waals surface area contributed by atoms with Crippen LogP contribution in [0.5, 0.6) is 17.2 Å². The average molecular weight is 520 g/mol. The Kier molecular flexibility index (Phi) is 7.76. The van der Waals surface area contributed by atoms with Crippen LogP contribution in [0, 0.1) is 24.1 Å². The predicted molar refractivity (Wildman–Crippen MR) is 120 cm³/mol. The molecule has 0 amide bonds. The van der Waals surface area contributed by atoms with E-state index in [0.29, 0.717) is 0 Å². The first-order valence-electron chi connectivity index (χ1n) is 10.0. The lowest BCUT2D eigenvalue weighted by Crippen LogP contribution is -2.40. The van der Waals surface area contributed by atoms with Crippen molar-refractivity contribution in [2.75, 3.05) is 0 Å². The smallest absolute Gasteiger partial charge is 0.454 e. The fourth-order valence-electron chi connectivity index (χ4n) is 2.47. The number of nitriles is 1. The molecule has 34 heavy (non-hydrogen) atoms. The highest BCUT2D eigenvalue weighted by Crippen LogP contribution is 2.41. The van der Waals surface area contributed by atoms with Crippen molar-refractivity contribution >= 4 is 18.4 Å². The van der Waals surface area contributed by atoms with Gasteiger partial charge in [-0.1, -0.05) is 20.8 Å². The molecule has 0 aliphatic rings. The Morgan fingerprint density at radius 2 is 1.65 bits per heavy atom. The standard InChI is InChI=1S/C22H25F4NO5SSi/c1-14-18(31-19-9-7-15(12-27)11-17(19)23)10-8-16(13-30-34(5,6)21(2,3)4)20(14)32-33(28,29)22(24,25)26/h7-11H,13H2,1-6H3. The molecule has 2 rings (SSSR count). The van der Waals surface area contributed by atoms with Gasteiger partial charge in [-0.3, -0.25) is 0 Å². The molecule has 0 saturated heterocycles. The Labute approximate surface area is 197 Å². The number of ether oxygens (including phenoxy) is 1. The maximum Gasteiger partial charge on any atom is 0.534 e. The Bertz CT molecular complexity index is 1220. The quantitative estimate of drug-likeness (QED) is 0.179. The highest BCUT2D eigenvalue weighted by atomic mass is 32.2. The van der Waals surface area contributed by atoms with Gasteiger partial charge >= 0.3 is 15.6 Å². The highest BCUT2D eigenvalue weighted by molar-refractivity contribution is 7.88. The normalized spacial score (nSPS) is 12.9. The van der Waals surface area contributed by atoms with Crippen LogP contribution in [0.25, 0.3) is 0 Å². The lowest BCUT2D eigenvalue weighted by molar-refractivity contribution is -0.0500. The molecular weight excluding hydrogens is 494 g/mol. The summed E-state index contributed by atoms with van der Waals surface area (Å²) in [6, 6.07) is 7.82. The first-order chi connectivity index (χ1) is 15.4. The van der Waals surface area contributed by atoms with Gasteiger partial charge in [0.05, 0.1) is 18.2 Å². The molecule has 6 nitrogen and oxygen atoms in total. The zero-order valence-corrected chi connectivity index (χ0v) is 21.3. The maximum atomic E-state index is 14.3. The summed E-state index contributed by atoms with van der Waals surface area (Å²) in [6.45, 7) is 10.9. The SMILES string of the molecule is Cc1c(Oc2ccc(C#N)cc2F)ccc(CO[Si](C)(C)C(C)(C)C)c1OS(=O)(=O)C(F)(F)F. The molecule has 0 unspecified atom stereocenters. The lowest BCUT2D eigenvalue weighted by Gasteiger charge is -2.36. The fraction of sp³-hybridized carbons (Fsp3) is 0.409. The van der Waals surface area contributed by atoms with Crippen LogP contribution in [-0.2, 0) is 21.2 Å². The molecule has 2 aromatic rings. The molecule has 0 aliphatic heterocycles. The number of halogens is 4. The van der Waals surface area contributed by atoms with Crippen molar-refractivity contribution in [3.8, 4) is 23.3 Å². The molecule has 0 bridgehead atoms. The Hall–Kier alpha value is -2.62. The van der Waals surface area contributed by atoms with E-state index in [0.717, 1.165) is 6.07 Å². The Morgan fingerprint density at radius 1 is 1.06 bits per heavy atom. The van der Waals surface area contributed by atoms with Crippen LogP contribution in [0.4, 0.5) is 17.6 Å². The van der Waals surface area contributed by atoms with Gasteiger partial charge in [0.15, 0.2) is 25.6 Å². The monoisotopic (exact) mass is 519 g/mol. The summed E-state index contributed by atoms with van der Waals surface area (Å²) in [5.41, 5.74) is -5.66. The van der Waals surface area contributed by atoms with Crippen molar-refractivity contribution in [1.29, 1.82) is 5.26 Å². The van der Waals surface area contributed by atoms with Crippen LogP contribution in [0.15, 0.2) is 30.3 Å². The second-order valence-electron chi connectivity index (χ2n) is 9.07. The summed E-state index contributed by atoms with van der Waals surface area (Å²) < 4.78 is 92.9. The van der Waals surface area contributed by atoms with Crippen molar-refractivity contribution in [2.24, 2.45) is 0 Å². The molecule has 0 spiro atoms. The van der Waals surface area contributed by atoms with E-state index in [1.165, 1.54) is 31.2 Å². The molecule has 0 fully saturated rings. The minimum Gasteiger partial charge on any atom is -0.454 e. The van der Waals surface area contributed by atoms with Crippen LogP contribution in [-0.4, -0.2) is 22.2 Å². The third-order valence-electron chi connectivity index (χ3n) is 5.59. The average Bonchev–Trinajstić information content (AvgIpc) is 2.69. The van der Waals surface area contributed by atoms with Crippen molar-refractivity contribution in [1.82, 2.24) is 0 Å². The minimum absolute atomic E-state index is 0.0417. The first-order valence-corrected chi connectivity index (χ1v) is 14.4. The van der Waals surface area contributed by atoms with E-state index in [9.17, 15) is 26.0 Å². The second-order valence-corrected chi connectivity index (χ2v) is 15.4. The first kappa shape index (κ1) is 27.6. The summed E-state index contributed by atoms with van der Waals surface area (Å²) in [5, 5.41) is 8.64. The molecule has 186 valence electrons. The molecule has 0 aliphatic carbocycles. The van der Waals surface area contributed by atoms with E-state index in [1.807, 2.05) is 33.9 Å². The summed E-state index contributed by atoms with van der Waals surface area (Å²) in [6.07, 6.45) is 0. The molecular formula is C22H25F4NO5SSi. The number of nitrogens with zero attached hydrogens (tertiary/aromatic N) is 1. The van der Waals surface area contributed by atoms with Gasteiger partial charge in [-0.2, -0.15) is 26.9 Å². The summed E-state index contributed by atoms with van der Waals surface area (Å²) in [5.74, 6) is -1.93. The molecule has 0 atom stereocenters. The van der Waals surface area contributed by atoms with Gasteiger partial charge in [0.1, 0.15) is 5.75 Å². The van der Waals surface area contributed by atoms with E-state index in [2.05, 4.69) is 4.18 Å². The number of hydrogen-bond donors (Lipinski definition) is 0. The fourth-order valence-corrected chi connectivity index (χ4v) is 3.97. The van der Waals surface area contributed by atoms with Crippen LogP contribution in [0.1, 0.15) is 37.5 Å². The molecule has 0 aromatic heterocycles. The highest BCUT2D eigenvalue weighted by Gasteiger charge is 2.49. The van der Waals surface area contributed by atoms with Gasteiger partial charge in [0, 0.05) is 11.1 Å². The predicted octanol–water partition coefficient (Wildman–Crippen LogP) is 6.55. The van der Waals surface area contributed by atoms with Crippen LogP contribution in [0.2, 0.25) is 18.1 Å². The van der Waals surface area contributed by atoms with E-state index < -0.39 is 35.5 Å². The van der Waals surface area contributed by atoms with Gasteiger partial charge < -0.3 is 13.3 Å². The molecule has 0 saturated carbocycles. The summed E-state index contributed by atoms with van der Waals surface area (Å²) in [4.78, 5) is 0. The second kappa shape index (κ2) is 9.56. The molecule has 2 aromatic carbocycles. The van der Waals surface area contributed by atoms with E-state index in [-0.39, 0.29) is 39.8 Å². The van der Waals surface area contributed by atoms with Gasteiger partial charge in [-0.15, -0.1) is 0 Å². The van der Waals surface area contributed by atoms with Crippen molar-refractivity contribution in [3.63, 3.8) is 0 Å². The van der Waals surface area contributed by atoms with E-state index in [4.69, 9.17) is 14.4 Å². The molecule has 0 radical (unpaired) electrons. The summed E-state index contributed by atoms with van der Waals surface area (Å²) >= 11 is 0. The van der Waals surface area contributed by atoms with E-state index >= 15 is 0 Å². The van der Waals surface area contributed by atoms with Crippen LogP contribution >= 0.6 is 0 Å². The Balaban J connectivity index is 2.53. The lowest BCUT2D eigenvalue weighted by atomic mass is 10.1. The van der Waals surface area contributed by atoms with E-state index in [1.54, 1.807) is 6.07 Å². The Morgan fingerprint density at radius 3 is 2.15 bits per heavy atom. The van der Waals surface area contributed by atoms with Gasteiger partial charge in [-0.25, -0.2) is 4.39 Å². The number of alkyl halides is 3. The third-order valence-corrected chi connectivity index (χ3v) is 11.0. The number of benzene rings is 2. The topological polar surface area (TPSA) is 85.6 Å². The number of hydrogen-bond acceptors (Lipinski definition) is 6. The van der Waals surface area contributed by atoms with Crippen molar-refractivity contribution < 1.29 is 39.3 Å². The zero-order chi connectivity index (χ0) is 26.1. The van der Waals surface area contributed by atoms with Crippen LogP contribution in [0.3, 0.4) is 0 Å². The summed E-state index contributed by atoms with van der Waals surface area (Å²) in [7, 11) is -8.34. The van der Waals surface area contributed by atoms with Crippen LogP contribution < -0.4 is 8.92 Å². The largest absolute Gasteiger partial charge is 0.534 e. The van der Waals surface area contributed by atoms with Crippen molar-refractivity contribution in [3.05, 3.63) is 52.8 Å². The minimum atomic E-state index is -5.99.